The van der Waals surface area contributed by atoms with Crippen LogP contribution in [0.3, 0.4) is 0 Å². The molecule has 0 aromatic rings. The van der Waals surface area contributed by atoms with E-state index in [0.717, 1.165) is 0 Å². The molecule has 8 nitrogen and oxygen atoms in total. The van der Waals surface area contributed by atoms with Gasteiger partial charge < -0.3 is 14.6 Å². The van der Waals surface area contributed by atoms with Crippen LogP contribution in [-0.4, -0.2) is 59.3 Å². The summed E-state index contributed by atoms with van der Waals surface area (Å²) in [5.74, 6) is 0. The molecule has 2 atom stereocenters. The molecule has 0 aromatic carbocycles. The van der Waals surface area contributed by atoms with E-state index in [1.165, 1.54) is 4.90 Å². The minimum Gasteiger partial charge on any atom is -0.724 e. The molecule has 18 heavy (non-hydrogen) atoms. The fourth-order valence-electron chi connectivity index (χ4n) is 2.04. The Balaban J connectivity index is 0.00000162. The van der Waals surface area contributed by atoms with Crippen molar-refractivity contribution >= 4 is 16.4 Å². The van der Waals surface area contributed by atoms with Crippen molar-refractivity contribution in [2.45, 2.75) is 19.0 Å². The number of amides is 2. The van der Waals surface area contributed by atoms with Crippen molar-refractivity contribution in [1.82, 2.24) is 9.96 Å². The molecule has 2 rings (SSSR count). The van der Waals surface area contributed by atoms with Gasteiger partial charge in [0, 0.05) is 0 Å². The van der Waals surface area contributed by atoms with Crippen LogP contribution in [0.5, 0.6) is 0 Å². The molecule has 10 heteroatoms. The first-order valence-corrected chi connectivity index (χ1v) is 6.21. The van der Waals surface area contributed by atoms with Gasteiger partial charge in [-0.2, -0.15) is 9.35 Å². The third-order valence-electron chi connectivity index (χ3n) is 2.83. The molecule has 2 aliphatic heterocycles. The van der Waals surface area contributed by atoms with E-state index in [9.17, 15) is 17.8 Å². The number of hydrogen-bond acceptors (Lipinski definition) is 6. The van der Waals surface area contributed by atoms with E-state index in [4.69, 9.17) is 5.11 Å². The molecule has 0 saturated carbocycles. The zero-order chi connectivity index (χ0) is 12.8. The average Bonchev–Trinajstić information content (AvgIpc) is 2.48. The molecule has 0 radical (unpaired) electrons. The molecule has 2 bridgehead atoms. The van der Waals surface area contributed by atoms with Crippen molar-refractivity contribution in [1.29, 1.82) is 0 Å². The molecule has 1 fully saturated rings. The number of hydrogen-bond donors (Lipinski definition) is 1. The number of hydroxylamine groups is 2. The van der Waals surface area contributed by atoms with Crippen LogP contribution < -0.4 is 29.6 Å². The monoisotopic (exact) mass is 286 g/mol. The second kappa shape index (κ2) is 5.45. The molecular formula is C8H11N2NaO6S. The summed E-state index contributed by atoms with van der Waals surface area (Å²) in [4.78, 5) is 13.0. The second-order valence-corrected chi connectivity index (χ2v) is 4.89. The van der Waals surface area contributed by atoms with Crippen LogP contribution in [0.1, 0.15) is 6.92 Å². The van der Waals surface area contributed by atoms with Crippen molar-refractivity contribution in [2.24, 2.45) is 0 Å². The predicted octanol–water partition coefficient (Wildman–Crippen LogP) is -4.19. The first-order valence-electron chi connectivity index (χ1n) is 4.88. The molecule has 96 valence electrons. The minimum absolute atomic E-state index is 0. The van der Waals surface area contributed by atoms with E-state index >= 15 is 0 Å². The Morgan fingerprint density at radius 3 is 2.72 bits per heavy atom. The van der Waals surface area contributed by atoms with E-state index < -0.39 is 28.5 Å². The van der Waals surface area contributed by atoms with Crippen LogP contribution in [0.2, 0.25) is 0 Å². The number of aliphatic hydroxyl groups excluding tert-OH is 1. The molecule has 0 spiro atoms. The van der Waals surface area contributed by atoms with Crippen molar-refractivity contribution < 1.29 is 56.7 Å². The molecule has 1 saturated heterocycles. The summed E-state index contributed by atoms with van der Waals surface area (Å²) >= 11 is 0. The summed E-state index contributed by atoms with van der Waals surface area (Å²) in [5, 5.41) is 9.63. The van der Waals surface area contributed by atoms with E-state index in [1.54, 1.807) is 13.0 Å². The molecule has 1 N–H and O–H groups in total. The van der Waals surface area contributed by atoms with Crippen molar-refractivity contribution in [3.63, 3.8) is 0 Å². The third-order valence-corrected chi connectivity index (χ3v) is 3.17. The SMILES string of the molecule is CC1=C[C@@H](CO)N2C[C@H]1N(OS(=O)(=O)[O-])C2=O.[Na+]. The van der Waals surface area contributed by atoms with Gasteiger partial charge in [0.2, 0.25) is 10.4 Å². The molecule has 0 aromatic heterocycles. The normalized spacial score (nSPS) is 27.1. The molecular weight excluding hydrogens is 275 g/mol. The van der Waals surface area contributed by atoms with Crippen LogP contribution in [0.25, 0.3) is 0 Å². The Bertz CT molecular complexity index is 478. The number of urea groups is 1. The summed E-state index contributed by atoms with van der Waals surface area (Å²) in [6.45, 7) is 1.60. The summed E-state index contributed by atoms with van der Waals surface area (Å²) in [5.41, 5.74) is 0.676. The van der Waals surface area contributed by atoms with Crippen LogP contribution in [0.15, 0.2) is 11.6 Å². The third kappa shape index (κ3) is 2.87. The minimum atomic E-state index is -4.99. The van der Waals surface area contributed by atoms with Crippen molar-refractivity contribution in [3.05, 3.63) is 11.6 Å². The topological polar surface area (TPSA) is 110 Å². The van der Waals surface area contributed by atoms with Crippen LogP contribution in [-0.2, 0) is 14.7 Å². The number of fused-ring (bicyclic) bond motifs is 2. The van der Waals surface area contributed by atoms with E-state index in [1.807, 2.05) is 0 Å². The zero-order valence-corrected chi connectivity index (χ0v) is 12.8. The van der Waals surface area contributed by atoms with E-state index in [0.29, 0.717) is 10.6 Å². The van der Waals surface area contributed by atoms with E-state index in [-0.39, 0.29) is 42.7 Å². The number of aliphatic hydroxyl groups is 1. The van der Waals surface area contributed by atoms with Gasteiger partial charge in [0.25, 0.3) is 0 Å². The second-order valence-electron chi connectivity index (χ2n) is 3.92. The Hall–Kier alpha value is -0.160. The Morgan fingerprint density at radius 1 is 1.61 bits per heavy atom. The van der Waals surface area contributed by atoms with Gasteiger partial charge in [0.15, 0.2) is 0 Å². The summed E-state index contributed by atoms with van der Waals surface area (Å²) in [6, 6.07) is -1.85. The smallest absolute Gasteiger partial charge is 0.724 e. The maximum absolute atomic E-state index is 11.8. The van der Waals surface area contributed by atoms with Crippen LogP contribution >= 0.6 is 0 Å². The number of nitrogens with zero attached hydrogens (tertiary/aromatic N) is 2. The molecule has 2 amide bonds. The van der Waals surface area contributed by atoms with Gasteiger partial charge in [-0.25, -0.2) is 13.2 Å². The first-order chi connectivity index (χ1) is 7.83. The quantitative estimate of drug-likeness (QED) is 0.244. The molecule has 2 aliphatic rings. The van der Waals surface area contributed by atoms with Gasteiger partial charge in [-0.15, -0.1) is 0 Å². The van der Waals surface area contributed by atoms with E-state index in [2.05, 4.69) is 4.28 Å². The van der Waals surface area contributed by atoms with Gasteiger partial charge in [-0.1, -0.05) is 6.08 Å². The van der Waals surface area contributed by atoms with Crippen molar-refractivity contribution in [3.8, 4) is 0 Å². The van der Waals surface area contributed by atoms with Crippen LogP contribution in [0.4, 0.5) is 4.79 Å². The Labute approximate surface area is 126 Å². The number of rotatable bonds is 3. The first kappa shape index (κ1) is 15.9. The van der Waals surface area contributed by atoms with Crippen molar-refractivity contribution in [2.75, 3.05) is 13.2 Å². The maximum atomic E-state index is 11.8. The van der Waals surface area contributed by atoms with Gasteiger partial charge >= 0.3 is 35.6 Å². The van der Waals surface area contributed by atoms with Gasteiger partial charge in [-0.05, 0) is 12.5 Å². The maximum Gasteiger partial charge on any atom is 1.00 e. The summed E-state index contributed by atoms with van der Waals surface area (Å²) in [7, 11) is -4.99. The Kier molecular flexibility index (Phi) is 4.81. The fourth-order valence-corrected chi connectivity index (χ4v) is 2.41. The summed E-state index contributed by atoms with van der Waals surface area (Å²) < 4.78 is 35.7. The predicted molar refractivity (Wildman–Crippen MR) is 53.1 cm³/mol. The van der Waals surface area contributed by atoms with Gasteiger partial charge in [0.05, 0.1) is 19.2 Å². The van der Waals surface area contributed by atoms with Crippen LogP contribution in [0, 0.1) is 0 Å². The molecule has 0 unspecified atom stereocenters. The number of carbonyl (C=O) groups is 1. The zero-order valence-electron chi connectivity index (χ0n) is 9.94. The molecule has 0 aliphatic carbocycles. The average molecular weight is 286 g/mol. The van der Waals surface area contributed by atoms with Gasteiger partial charge in [-0.3, -0.25) is 0 Å². The molecule has 2 heterocycles. The van der Waals surface area contributed by atoms with Gasteiger partial charge in [0.1, 0.15) is 6.04 Å². The summed E-state index contributed by atoms with van der Waals surface area (Å²) in [6.07, 6.45) is 1.65. The fraction of sp³-hybridized carbons (Fsp3) is 0.625. The number of carbonyl (C=O) groups excluding carboxylic acids is 1. The standard InChI is InChI=1S/C8H12N2O6S.Na/c1-5-2-6(4-11)9-3-7(5)10(8(9)12)16-17(13,14)15;/h2,6-7,11H,3-4H2,1H3,(H,13,14,15);/q;+1/p-1/t6-,7+;/m0./s1. The Morgan fingerprint density at radius 2 is 2.22 bits per heavy atom. The largest absolute Gasteiger partial charge is 1.00 e.